The molecule has 0 bridgehead atoms. The zero-order chi connectivity index (χ0) is 20.9. The predicted molar refractivity (Wildman–Crippen MR) is 116 cm³/mol. The van der Waals surface area contributed by atoms with Gasteiger partial charge >= 0.3 is 0 Å². The van der Waals surface area contributed by atoms with Crippen molar-refractivity contribution in [1.29, 1.82) is 0 Å². The number of carbonyl (C=O) groups is 1. The van der Waals surface area contributed by atoms with Crippen LogP contribution in [0, 0.1) is 6.92 Å². The minimum atomic E-state index is -0.392. The average Bonchev–Trinajstić information content (AvgIpc) is 3.24. The Balaban J connectivity index is 1.56. The third-order valence-electron chi connectivity index (χ3n) is 5.01. The summed E-state index contributed by atoms with van der Waals surface area (Å²) >= 11 is 0. The Hall–Kier alpha value is -3.73. The Bertz CT molecular complexity index is 1080. The lowest BCUT2D eigenvalue weighted by atomic mass is 9.90. The molecule has 0 saturated carbocycles. The van der Waals surface area contributed by atoms with Crippen LogP contribution in [0.15, 0.2) is 89.5 Å². The van der Waals surface area contributed by atoms with Gasteiger partial charge in [0.1, 0.15) is 0 Å². The fourth-order valence-electron chi connectivity index (χ4n) is 3.49. The quantitative estimate of drug-likeness (QED) is 0.467. The van der Waals surface area contributed by atoms with E-state index in [0.717, 1.165) is 22.3 Å². The summed E-state index contributed by atoms with van der Waals surface area (Å²) in [6.07, 6.45) is 0. The van der Waals surface area contributed by atoms with Crippen molar-refractivity contribution in [2.75, 3.05) is 7.05 Å². The number of hydrogen-bond acceptors (Lipinski definition) is 4. The van der Waals surface area contributed by atoms with E-state index < -0.39 is 5.92 Å². The van der Waals surface area contributed by atoms with Crippen molar-refractivity contribution in [2.24, 2.45) is 0 Å². The molecule has 4 rings (SSSR count). The van der Waals surface area contributed by atoms with Gasteiger partial charge in [-0.2, -0.15) is 4.98 Å². The van der Waals surface area contributed by atoms with Gasteiger partial charge < -0.3 is 9.42 Å². The number of amides is 1. The van der Waals surface area contributed by atoms with E-state index >= 15 is 0 Å². The zero-order valence-corrected chi connectivity index (χ0v) is 17.0. The largest absolute Gasteiger partial charge is 0.337 e. The Morgan fingerprint density at radius 2 is 1.57 bits per heavy atom. The van der Waals surface area contributed by atoms with Crippen molar-refractivity contribution < 1.29 is 9.32 Å². The average molecular weight is 397 g/mol. The van der Waals surface area contributed by atoms with Gasteiger partial charge in [0.25, 0.3) is 0 Å². The van der Waals surface area contributed by atoms with E-state index in [4.69, 9.17) is 4.52 Å². The molecule has 0 atom stereocenters. The van der Waals surface area contributed by atoms with Gasteiger partial charge in [-0.1, -0.05) is 89.6 Å². The Morgan fingerprint density at radius 3 is 2.17 bits per heavy atom. The highest BCUT2D eigenvalue weighted by atomic mass is 16.5. The summed E-state index contributed by atoms with van der Waals surface area (Å²) in [5.41, 5.74) is 3.92. The lowest BCUT2D eigenvalue weighted by molar-refractivity contribution is -0.131. The Morgan fingerprint density at radius 1 is 0.933 bits per heavy atom. The molecule has 5 nitrogen and oxygen atoms in total. The van der Waals surface area contributed by atoms with Gasteiger partial charge in [0.2, 0.25) is 17.6 Å². The minimum Gasteiger partial charge on any atom is -0.337 e. The molecule has 30 heavy (non-hydrogen) atoms. The lowest BCUT2D eigenvalue weighted by Crippen LogP contribution is -2.32. The fourth-order valence-corrected chi connectivity index (χ4v) is 3.49. The highest BCUT2D eigenvalue weighted by molar-refractivity contribution is 5.87. The van der Waals surface area contributed by atoms with E-state index in [0.29, 0.717) is 11.7 Å². The predicted octanol–water partition coefficient (Wildman–Crippen LogP) is 4.84. The van der Waals surface area contributed by atoms with Crippen LogP contribution in [0.25, 0.3) is 11.4 Å². The third-order valence-corrected chi connectivity index (χ3v) is 5.01. The molecular weight excluding hydrogens is 374 g/mol. The lowest BCUT2D eigenvalue weighted by Gasteiger charge is -2.23. The molecule has 0 aliphatic heterocycles. The third kappa shape index (κ3) is 4.30. The standard InChI is InChI=1S/C25H23N3O2/c1-18-10-9-15-21(16-18)24-26-22(30-27-24)17-28(2)25(29)23(19-11-5-3-6-12-19)20-13-7-4-8-14-20/h3-16,23H,17H2,1-2H3. The summed E-state index contributed by atoms with van der Waals surface area (Å²) < 4.78 is 5.42. The van der Waals surface area contributed by atoms with Crippen LogP contribution in [0.1, 0.15) is 28.5 Å². The second-order valence-corrected chi connectivity index (χ2v) is 7.33. The summed E-state index contributed by atoms with van der Waals surface area (Å²) in [6, 6.07) is 27.5. The molecule has 0 unspecified atom stereocenters. The van der Waals surface area contributed by atoms with E-state index in [1.54, 1.807) is 11.9 Å². The number of aromatic nitrogens is 2. The maximum atomic E-state index is 13.4. The second kappa shape index (κ2) is 8.74. The van der Waals surface area contributed by atoms with Gasteiger partial charge in [0.05, 0.1) is 12.5 Å². The molecule has 3 aromatic carbocycles. The van der Waals surface area contributed by atoms with Crippen LogP contribution in [0.5, 0.6) is 0 Å². The van der Waals surface area contributed by atoms with E-state index in [1.165, 1.54) is 0 Å². The Kier molecular flexibility index (Phi) is 5.70. The van der Waals surface area contributed by atoms with Crippen molar-refractivity contribution in [2.45, 2.75) is 19.4 Å². The first-order valence-electron chi connectivity index (χ1n) is 9.86. The number of aryl methyl sites for hydroxylation is 1. The van der Waals surface area contributed by atoms with Gasteiger partial charge in [-0.15, -0.1) is 0 Å². The maximum absolute atomic E-state index is 13.4. The first-order chi connectivity index (χ1) is 14.6. The molecule has 0 aliphatic carbocycles. The van der Waals surface area contributed by atoms with Crippen LogP contribution in [0.3, 0.4) is 0 Å². The van der Waals surface area contributed by atoms with Crippen molar-refractivity contribution in [1.82, 2.24) is 15.0 Å². The van der Waals surface area contributed by atoms with Crippen LogP contribution in [0.4, 0.5) is 0 Å². The van der Waals surface area contributed by atoms with E-state index in [-0.39, 0.29) is 12.5 Å². The molecule has 0 saturated heterocycles. The SMILES string of the molecule is Cc1cccc(-c2noc(CN(C)C(=O)C(c3ccccc3)c3ccccc3)n2)c1. The van der Waals surface area contributed by atoms with Crippen molar-refractivity contribution in [3.05, 3.63) is 108 Å². The molecule has 0 spiro atoms. The molecule has 4 aromatic rings. The molecule has 0 aliphatic rings. The highest BCUT2D eigenvalue weighted by Crippen LogP contribution is 2.27. The number of nitrogens with zero attached hydrogens (tertiary/aromatic N) is 3. The summed E-state index contributed by atoms with van der Waals surface area (Å²) in [5, 5.41) is 4.08. The summed E-state index contributed by atoms with van der Waals surface area (Å²) in [5.74, 6) is 0.513. The van der Waals surface area contributed by atoms with Crippen molar-refractivity contribution in [3.63, 3.8) is 0 Å². The Labute approximate surface area is 176 Å². The molecule has 1 aromatic heterocycles. The fraction of sp³-hybridized carbons (Fsp3) is 0.160. The van der Waals surface area contributed by atoms with E-state index in [9.17, 15) is 4.79 Å². The monoisotopic (exact) mass is 397 g/mol. The van der Waals surface area contributed by atoms with Gasteiger partial charge in [-0.05, 0) is 24.1 Å². The topological polar surface area (TPSA) is 59.2 Å². The van der Waals surface area contributed by atoms with Gasteiger partial charge in [0, 0.05) is 12.6 Å². The zero-order valence-electron chi connectivity index (χ0n) is 17.0. The van der Waals surface area contributed by atoms with Gasteiger partial charge in [0.15, 0.2) is 0 Å². The number of likely N-dealkylation sites (N-methyl/N-ethyl adjacent to an activating group) is 1. The van der Waals surface area contributed by atoms with Crippen LogP contribution in [0.2, 0.25) is 0 Å². The molecule has 5 heteroatoms. The van der Waals surface area contributed by atoms with Crippen LogP contribution >= 0.6 is 0 Å². The number of hydrogen-bond donors (Lipinski definition) is 0. The molecule has 1 heterocycles. The maximum Gasteiger partial charge on any atom is 0.246 e. The molecule has 0 radical (unpaired) electrons. The van der Waals surface area contributed by atoms with Gasteiger partial charge in [-0.25, -0.2) is 0 Å². The first kappa shape index (κ1) is 19.6. The second-order valence-electron chi connectivity index (χ2n) is 7.33. The normalized spacial score (nSPS) is 10.9. The molecule has 150 valence electrons. The number of carbonyl (C=O) groups excluding carboxylic acids is 1. The van der Waals surface area contributed by atoms with Crippen LogP contribution < -0.4 is 0 Å². The minimum absolute atomic E-state index is 0.0253. The van der Waals surface area contributed by atoms with Crippen LogP contribution in [-0.2, 0) is 11.3 Å². The van der Waals surface area contributed by atoms with Crippen molar-refractivity contribution >= 4 is 5.91 Å². The van der Waals surface area contributed by atoms with E-state index in [1.807, 2.05) is 91.9 Å². The van der Waals surface area contributed by atoms with Crippen LogP contribution in [-0.4, -0.2) is 28.0 Å². The first-order valence-corrected chi connectivity index (χ1v) is 9.86. The van der Waals surface area contributed by atoms with Crippen molar-refractivity contribution in [3.8, 4) is 11.4 Å². The highest BCUT2D eigenvalue weighted by Gasteiger charge is 2.26. The molecular formula is C25H23N3O2. The van der Waals surface area contributed by atoms with Gasteiger partial charge in [-0.3, -0.25) is 4.79 Å². The summed E-state index contributed by atoms with van der Waals surface area (Å²) in [4.78, 5) is 19.5. The molecule has 0 N–H and O–H groups in total. The summed E-state index contributed by atoms with van der Waals surface area (Å²) in [6.45, 7) is 2.26. The summed E-state index contributed by atoms with van der Waals surface area (Å²) in [7, 11) is 1.76. The number of benzene rings is 3. The number of rotatable bonds is 6. The van der Waals surface area contributed by atoms with E-state index in [2.05, 4.69) is 10.1 Å². The molecule has 0 fully saturated rings. The smallest absolute Gasteiger partial charge is 0.246 e. The molecule has 1 amide bonds.